The molecule has 0 aromatic carbocycles. The number of carbonyl (C=O) groups is 3. The van der Waals surface area contributed by atoms with E-state index in [1.807, 2.05) is 28.9 Å². The molecule has 3 amide bonds. The van der Waals surface area contributed by atoms with E-state index in [9.17, 15) is 14.4 Å². The smallest absolute Gasteiger partial charge is 0.246 e. The number of thiophene rings is 1. The van der Waals surface area contributed by atoms with E-state index in [0.29, 0.717) is 51.1 Å². The molecule has 3 aliphatic rings. The number of nitrogens with one attached hydrogen (secondary N) is 1. The molecular weight excluding hydrogens is 484 g/mol. The SMILES string of the molecule is CCCC(=O)N1CCC2(CC1)Cc1cc(C=CC(=O)N3CC=C(Cc4cccs4)CC3)cnc1NC2=O. The van der Waals surface area contributed by atoms with Gasteiger partial charge in [-0.2, -0.15) is 0 Å². The summed E-state index contributed by atoms with van der Waals surface area (Å²) in [6.45, 7) is 4.60. The number of fused-ring (bicyclic) bond motifs is 1. The van der Waals surface area contributed by atoms with Crippen molar-refractivity contribution in [2.45, 2.75) is 51.9 Å². The van der Waals surface area contributed by atoms with Crippen LogP contribution in [0.2, 0.25) is 0 Å². The van der Waals surface area contributed by atoms with Crippen molar-refractivity contribution in [3.05, 3.63) is 63.5 Å². The second-order valence-corrected chi connectivity index (χ2v) is 11.3. The third-order valence-corrected chi connectivity index (χ3v) is 8.66. The van der Waals surface area contributed by atoms with Crippen molar-refractivity contribution in [2.24, 2.45) is 5.41 Å². The van der Waals surface area contributed by atoms with Crippen molar-refractivity contribution in [1.82, 2.24) is 14.8 Å². The summed E-state index contributed by atoms with van der Waals surface area (Å²) in [5.41, 5.74) is 2.73. The zero-order valence-electron chi connectivity index (χ0n) is 21.4. The van der Waals surface area contributed by atoms with Crippen LogP contribution in [0, 0.1) is 5.41 Å². The fraction of sp³-hybridized carbons (Fsp3) is 0.448. The second-order valence-electron chi connectivity index (χ2n) is 10.3. The van der Waals surface area contributed by atoms with Gasteiger partial charge in [0.25, 0.3) is 0 Å². The van der Waals surface area contributed by atoms with Gasteiger partial charge in [-0.1, -0.05) is 24.6 Å². The van der Waals surface area contributed by atoms with Gasteiger partial charge in [0, 0.05) is 56.2 Å². The molecule has 5 rings (SSSR count). The highest BCUT2D eigenvalue weighted by Crippen LogP contribution is 2.41. The molecule has 194 valence electrons. The lowest BCUT2D eigenvalue weighted by Crippen LogP contribution is -2.51. The summed E-state index contributed by atoms with van der Waals surface area (Å²) in [6.07, 6.45) is 12.5. The van der Waals surface area contributed by atoms with Crippen molar-refractivity contribution in [2.75, 3.05) is 31.5 Å². The third-order valence-electron chi connectivity index (χ3n) is 7.78. The Morgan fingerprint density at radius 1 is 1.22 bits per heavy atom. The lowest BCUT2D eigenvalue weighted by atomic mass is 9.71. The van der Waals surface area contributed by atoms with Crippen molar-refractivity contribution in [1.29, 1.82) is 0 Å². The minimum Gasteiger partial charge on any atom is -0.343 e. The van der Waals surface area contributed by atoms with E-state index in [0.717, 1.165) is 36.9 Å². The van der Waals surface area contributed by atoms with Crippen LogP contribution in [0.25, 0.3) is 6.08 Å². The first-order chi connectivity index (χ1) is 18.0. The van der Waals surface area contributed by atoms with Gasteiger partial charge >= 0.3 is 0 Å². The number of hydrogen-bond acceptors (Lipinski definition) is 5. The molecule has 0 saturated carbocycles. The van der Waals surface area contributed by atoms with Crippen LogP contribution in [0.5, 0.6) is 0 Å². The molecule has 1 spiro atoms. The molecule has 37 heavy (non-hydrogen) atoms. The molecule has 2 aromatic rings. The molecule has 0 atom stereocenters. The second kappa shape index (κ2) is 11.0. The van der Waals surface area contributed by atoms with Crippen molar-refractivity contribution in [3.63, 3.8) is 0 Å². The van der Waals surface area contributed by atoms with E-state index >= 15 is 0 Å². The lowest BCUT2D eigenvalue weighted by molar-refractivity contribution is -0.138. The number of anilines is 1. The number of hydrogen-bond donors (Lipinski definition) is 1. The topological polar surface area (TPSA) is 82.6 Å². The average Bonchev–Trinajstić information content (AvgIpc) is 3.42. The van der Waals surface area contributed by atoms with Crippen molar-refractivity contribution >= 4 is 41.0 Å². The van der Waals surface area contributed by atoms with Crippen LogP contribution in [-0.2, 0) is 27.2 Å². The Balaban J connectivity index is 1.20. The summed E-state index contributed by atoms with van der Waals surface area (Å²) < 4.78 is 0. The molecule has 0 aliphatic carbocycles. The van der Waals surface area contributed by atoms with E-state index < -0.39 is 5.41 Å². The molecule has 5 heterocycles. The predicted molar refractivity (Wildman–Crippen MR) is 146 cm³/mol. The van der Waals surface area contributed by atoms with Crippen LogP contribution in [0.15, 0.2) is 47.5 Å². The molecule has 8 heteroatoms. The largest absolute Gasteiger partial charge is 0.343 e. The maximum absolute atomic E-state index is 13.0. The molecule has 3 aliphatic heterocycles. The van der Waals surface area contributed by atoms with Gasteiger partial charge in [-0.05, 0) is 66.8 Å². The fourth-order valence-electron chi connectivity index (χ4n) is 5.49. The van der Waals surface area contributed by atoms with E-state index in [2.05, 4.69) is 33.9 Å². The highest BCUT2D eigenvalue weighted by molar-refractivity contribution is 7.09. The normalized spacial score (nSPS) is 19.1. The summed E-state index contributed by atoms with van der Waals surface area (Å²) in [4.78, 5) is 47.7. The number of likely N-dealkylation sites (tertiary alicyclic amines) is 1. The summed E-state index contributed by atoms with van der Waals surface area (Å²) in [7, 11) is 0. The fourth-order valence-corrected chi connectivity index (χ4v) is 6.25. The van der Waals surface area contributed by atoms with Crippen LogP contribution in [0.3, 0.4) is 0 Å². The van der Waals surface area contributed by atoms with E-state index in [1.54, 1.807) is 23.6 Å². The quantitative estimate of drug-likeness (QED) is 0.452. The zero-order chi connectivity index (χ0) is 25.8. The Morgan fingerprint density at radius 2 is 2.05 bits per heavy atom. The predicted octanol–water partition coefficient (Wildman–Crippen LogP) is 4.46. The summed E-state index contributed by atoms with van der Waals surface area (Å²) in [5.74, 6) is 0.780. The summed E-state index contributed by atoms with van der Waals surface area (Å²) in [6, 6.07) is 6.26. The van der Waals surface area contributed by atoms with Gasteiger partial charge in [-0.15, -0.1) is 11.3 Å². The molecule has 7 nitrogen and oxygen atoms in total. The Bertz CT molecular complexity index is 1230. The average molecular weight is 519 g/mol. The standard InChI is InChI=1S/C29H34N4O3S/c1-2-4-25(34)33-14-10-29(11-15-33)19-23-17-22(20-30-27(23)31-28(29)36)6-7-26(35)32-12-8-21(9-13-32)18-24-5-3-16-37-24/h3,5-8,16-17,20H,2,4,9-15,18-19H2,1H3,(H,30,31,36). The molecule has 2 aromatic heterocycles. The number of carbonyl (C=O) groups excluding carboxylic acids is 3. The molecule has 0 radical (unpaired) electrons. The van der Waals surface area contributed by atoms with Crippen LogP contribution in [0.4, 0.5) is 5.82 Å². The number of aromatic nitrogens is 1. The Hall–Kier alpha value is -3.26. The molecule has 1 fully saturated rings. The minimum absolute atomic E-state index is 0.00182. The Morgan fingerprint density at radius 3 is 2.76 bits per heavy atom. The highest BCUT2D eigenvalue weighted by Gasteiger charge is 2.45. The van der Waals surface area contributed by atoms with Gasteiger partial charge in [0.15, 0.2) is 0 Å². The zero-order valence-corrected chi connectivity index (χ0v) is 22.2. The Kier molecular flexibility index (Phi) is 7.55. The summed E-state index contributed by atoms with van der Waals surface area (Å²) in [5, 5.41) is 5.09. The first kappa shape index (κ1) is 25.4. The number of rotatable bonds is 6. The van der Waals surface area contributed by atoms with Gasteiger partial charge in [0.1, 0.15) is 5.82 Å². The maximum atomic E-state index is 13.0. The minimum atomic E-state index is -0.503. The number of amides is 3. The van der Waals surface area contributed by atoms with Gasteiger partial charge in [-0.25, -0.2) is 4.98 Å². The van der Waals surface area contributed by atoms with Gasteiger partial charge in [0.05, 0.1) is 5.41 Å². The molecular formula is C29H34N4O3S. The molecule has 1 saturated heterocycles. The number of nitrogens with zero attached hydrogens (tertiary/aromatic N) is 3. The number of pyridine rings is 1. The van der Waals surface area contributed by atoms with E-state index in [4.69, 9.17) is 0 Å². The van der Waals surface area contributed by atoms with Crippen molar-refractivity contribution < 1.29 is 14.4 Å². The molecule has 0 bridgehead atoms. The molecule has 1 N–H and O–H groups in total. The number of piperidine rings is 1. The maximum Gasteiger partial charge on any atom is 0.246 e. The summed E-state index contributed by atoms with van der Waals surface area (Å²) >= 11 is 1.77. The highest BCUT2D eigenvalue weighted by atomic mass is 32.1. The Labute approximate surface area is 222 Å². The first-order valence-corrected chi connectivity index (χ1v) is 14.1. The van der Waals surface area contributed by atoms with Gasteiger partial charge in [-0.3, -0.25) is 14.4 Å². The molecule has 0 unspecified atom stereocenters. The van der Waals surface area contributed by atoms with E-state index in [1.165, 1.54) is 10.5 Å². The van der Waals surface area contributed by atoms with Crippen LogP contribution in [-0.4, -0.2) is 58.7 Å². The van der Waals surface area contributed by atoms with Gasteiger partial charge < -0.3 is 15.1 Å². The van der Waals surface area contributed by atoms with E-state index in [-0.39, 0.29) is 17.7 Å². The lowest BCUT2D eigenvalue weighted by Gasteiger charge is -2.43. The monoisotopic (exact) mass is 518 g/mol. The first-order valence-electron chi connectivity index (χ1n) is 13.2. The van der Waals surface area contributed by atoms with Crippen molar-refractivity contribution in [3.8, 4) is 0 Å². The van der Waals surface area contributed by atoms with Crippen LogP contribution in [0.1, 0.15) is 55.0 Å². The third kappa shape index (κ3) is 5.69. The van der Waals surface area contributed by atoms with Crippen LogP contribution >= 0.6 is 11.3 Å². The van der Waals surface area contributed by atoms with Crippen LogP contribution < -0.4 is 5.32 Å². The van der Waals surface area contributed by atoms with Gasteiger partial charge in [0.2, 0.25) is 17.7 Å².